The van der Waals surface area contributed by atoms with E-state index in [-0.39, 0.29) is 18.1 Å². The first-order valence-electron chi connectivity index (χ1n) is 7.33. The molecule has 2 rings (SSSR count). The molecule has 1 N–H and O–H groups in total. The van der Waals surface area contributed by atoms with Crippen molar-refractivity contribution in [3.8, 4) is 0 Å². The fourth-order valence-electron chi connectivity index (χ4n) is 2.38. The number of hydrogen-bond acceptors (Lipinski definition) is 6. The summed E-state index contributed by atoms with van der Waals surface area (Å²) in [6, 6.07) is 0.148. The second-order valence-corrected chi connectivity index (χ2v) is 6.48. The van der Waals surface area contributed by atoms with Crippen LogP contribution in [0.5, 0.6) is 0 Å². The molecule has 1 aromatic heterocycles. The van der Waals surface area contributed by atoms with Gasteiger partial charge in [-0.15, -0.1) is 0 Å². The highest BCUT2D eigenvalue weighted by molar-refractivity contribution is 5.02. The molecule has 0 saturated carbocycles. The zero-order valence-corrected chi connectivity index (χ0v) is 13.0. The molecule has 0 spiro atoms. The first kappa shape index (κ1) is 15.4. The molecule has 0 amide bonds. The summed E-state index contributed by atoms with van der Waals surface area (Å²) in [5.74, 6) is 1.46. The van der Waals surface area contributed by atoms with Crippen molar-refractivity contribution in [2.24, 2.45) is 0 Å². The molecule has 0 radical (unpaired) electrons. The first-order valence-corrected chi connectivity index (χ1v) is 7.33. The van der Waals surface area contributed by atoms with E-state index >= 15 is 0 Å². The second-order valence-electron chi connectivity index (χ2n) is 6.48. The fraction of sp³-hybridized carbons (Fsp3) is 0.857. The molecule has 0 aromatic carbocycles. The average molecular weight is 282 g/mol. The maximum atomic E-state index is 8.96. The van der Waals surface area contributed by atoms with Gasteiger partial charge in [0.1, 0.15) is 0 Å². The predicted molar refractivity (Wildman–Crippen MR) is 76.5 cm³/mol. The van der Waals surface area contributed by atoms with Crippen LogP contribution in [-0.4, -0.2) is 64.4 Å². The molecular formula is C14H26N4O2. The van der Waals surface area contributed by atoms with Crippen molar-refractivity contribution in [2.75, 3.05) is 39.3 Å². The van der Waals surface area contributed by atoms with E-state index in [1.165, 1.54) is 0 Å². The molecule has 1 saturated heterocycles. The number of rotatable bonds is 4. The second kappa shape index (κ2) is 6.20. The van der Waals surface area contributed by atoms with Gasteiger partial charge in [0, 0.05) is 38.1 Å². The minimum Gasteiger partial charge on any atom is -0.395 e. The Morgan fingerprint density at radius 1 is 1.25 bits per heavy atom. The molecule has 0 bridgehead atoms. The Morgan fingerprint density at radius 3 is 2.40 bits per heavy atom. The lowest BCUT2D eigenvalue weighted by Crippen LogP contribution is -2.47. The standard InChI is InChI=1S/C14H26N4O2/c1-11(12-15-13(16-20-12)14(2,3)4)18-7-5-17(6-8-18)9-10-19/h11,19H,5-10H2,1-4H3. The number of piperazine rings is 1. The highest BCUT2D eigenvalue weighted by atomic mass is 16.5. The van der Waals surface area contributed by atoms with E-state index in [2.05, 4.69) is 47.6 Å². The number of nitrogens with zero attached hydrogens (tertiary/aromatic N) is 4. The summed E-state index contributed by atoms with van der Waals surface area (Å²) >= 11 is 0. The van der Waals surface area contributed by atoms with Gasteiger partial charge in [-0.1, -0.05) is 25.9 Å². The molecule has 0 aliphatic carbocycles. The first-order chi connectivity index (χ1) is 9.41. The minimum atomic E-state index is -0.0821. The molecule has 1 atom stereocenters. The van der Waals surface area contributed by atoms with E-state index in [9.17, 15) is 0 Å². The van der Waals surface area contributed by atoms with Crippen LogP contribution in [0, 0.1) is 0 Å². The summed E-state index contributed by atoms with van der Waals surface area (Å²) in [5, 5.41) is 13.1. The summed E-state index contributed by atoms with van der Waals surface area (Å²) in [6.07, 6.45) is 0. The molecule has 1 aliphatic heterocycles. The van der Waals surface area contributed by atoms with Gasteiger partial charge in [0.05, 0.1) is 12.6 Å². The molecule has 1 unspecified atom stereocenters. The van der Waals surface area contributed by atoms with Gasteiger partial charge in [0.25, 0.3) is 0 Å². The number of hydrogen-bond donors (Lipinski definition) is 1. The number of aliphatic hydroxyl groups is 1. The lowest BCUT2D eigenvalue weighted by atomic mass is 9.96. The molecule has 20 heavy (non-hydrogen) atoms. The van der Waals surface area contributed by atoms with Gasteiger partial charge in [-0.25, -0.2) is 0 Å². The van der Waals surface area contributed by atoms with Crippen molar-refractivity contribution in [3.05, 3.63) is 11.7 Å². The molecule has 1 aromatic rings. The summed E-state index contributed by atoms with van der Waals surface area (Å²) < 4.78 is 5.42. The predicted octanol–water partition coefficient (Wildman–Crippen LogP) is 1.04. The van der Waals surface area contributed by atoms with Gasteiger partial charge in [-0.2, -0.15) is 4.98 Å². The summed E-state index contributed by atoms with van der Waals surface area (Å²) in [5.41, 5.74) is -0.0821. The Bertz CT molecular complexity index is 419. The molecular weight excluding hydrogens is 256 g/mol. The molecule has 2 heterocycles. The van der Waals surface area contributed by atoms with Gasteiger partial charge < -0.3 is 9.63 Å². The van der Waals surface area contributed by atoms with Crippen LogP contribution in [0.2, 0.25) is 0 Å². The molecule has 6 nitrogen and oxygen atoms in total. The van der Waals surface area contributed by atoms with Crippen molar-refractivity contribution in [2.45, 2.75) is 39.2 Å². The van der Waals surface area contributed by atoms with Gasteiger partial charge in [0.15, 0.2) is 5.82 Å². The van der Waals surface area contributed by atoms with Crippen molar-refractivity contribution in [1.82, 2.24) is 19.9 Å². The third-order valence-electron chi connectivity index (χ3n) is 3.84. The van der Waals surface area contributed by atoms with Crippen LogP contribution >= 0.6 is 0 Å². The van der Waals surface area contributed by atoms with Crippen LogP contribution in [0.4, 0.5) is 0 Å². The van der Waals surface area contributed by atoms with Crippen LogP contribution in [0.1, 0.15) is 45.5 Å². The number of aliphatic hydroxyl groups excluding tert-OH is 1. The van der Waals surface area contributed by atoms with Crippen LogP contribution in [0.15, 0.2) is 4.52 Å². The van der Waals surface area contributed by atoms with Gasteiger partial charge in [0.2, 0.25) is 5.89 Å². The largest absolute Gasteiger partial charge is 0.395 e. The third kappa shape index (κ3) is 3.56. The Balaban J connectivity index is 1.95. The van der Waals surface area contributed by atoms with Crippen molar-refractivity contribution in [3.63, 3.8) is 0 Å². The van der Waals surface area contributed by atoms with E-state index in [0.717, 1.165) is 38.5 Å². The van der Waals surface area contributed by atoms with Crippen molar-refractivity contribution in [1.29, 1.82) is 0 Å². The zero-order valence-electron chi connectivity index (χ0n) is 13.0. The lowest BCUT2D eigenvalue weighted by molar-refractivity contribution is 0.0776. The van der Waals surface area contributed by atoms with Crippen molar-refractivity contribution < 1.29 is 9.63 Å². The van der Waals surface area contributed by atoms with Gasteiger partial charge in [-0.3, -0.25) is 9.80 Å². The SMILES string of the molecule is CC(c1nc(C(C)(C)C)no1)N1CCN(CCO)CC1. The molecule has 6 heteroatoms. The smallest absolute Gasteiger partial charge is 0.243 e. The minimum absolute atomic E-state index is 0.0821. The van der Waals surface area contributed by atoms with Crippen LogP contribution < -0.4 is 0 Å². The molecule has 114 valence electrons. The van der Waals surface area contributed by atoms with Crippen molar-refractivity contribution >= 4 is 0 Å². The third-order valence-corrected chi connectivity index (χ3v) is 3.84. The van der Waals surface area contributed by atoms with E-state index in [4.69, 9.17) is 9.63 Å². The lowest BCUT2D eigenvalue weighted by Gasteiger charge is -2.36. The van der Waals surface area contributed by atoms with Gasteiger partial charge in [-0.05, 0) is 6.92 Å². The van der Waals surface area contributed by atoms with E-state index in [0.29, 0.717) is 5.89 Å². The van der Waals surface area contributed by atoms with Gasteiger partial charge >= 0.3 is 0 Å². The monoisotopic (exact) mass is 282 g/mol. The Hall–Kier alpha value is -0.980. The Morgan fingerprint density at radius 2 is 1.90 bits per heavy atom. The number of aromatic nitrogens is 2. The zero-order chi connectivity index (χ0) is 14.8. The highest BCUT2D eigenvalue weighted by Gasteiger charge is 2.28. The van der Waals surface area contributed by atoms with Crippen LogP contribution in [0.3, 0.4) is 0 Å². The maximum Gasteiger partial charge on any atom is 0.243 e. The van der Waals surface area contributed by atoms with Crippen LogP contribution in [-0.2, 0) is 5.41 Å². The average Bonchev–Trinajstić information content (AvgIpc) is 2.89. The summed E-state index contributed by atoms with van der Waals surface area (Å²) in [7, 11) is 0. The Kier molecular flexibility index (Phi) is 4.78. The molecule has 1 fully saturated rings. The normalized spacial score (nSPS) is 20.2. The van der Waals surface area contributed by atoms with E-state index in [1.807, 2.05) is 0 Å². The Labute approximate surface area is 120 Å². The maximum absolute atomic E-state index is 8.96. The molecule has 1 aliphatic rings. The fourth-order valence-corrected chi connectivity index (χ4v) is 2.38. The topological polar surface area (TPSA) is 65.6 Å². The summed E-state index contributed by atoms with van der Waals surface area (Å²) in [4.78, 5) is 9.17. The van der Waals surface area contributed by atoms with E-state index in [1.54, 1.807) is 0 Å². The highest BCUT2D eigenvalue weighted by Crippen LogP contribution is 2.24. The van der Waals surface area contributed by atoms with Crippen LogP contribution in [0.25, 0.3) is 0 Å². The summed E-state index contributed by atoms with van der Waals surface area (Å²) in [6.45, 7) is 13.2. The van der Waals surface area contributed by atoms with E-state index < -0.39 is 0 Å². The number of β-amino-alcohol motifs (C(OH)–C–C–N with tert-alkyl or cyclic N) is 1. The quantitative estimate of drug-likeness (QED) is 0.890.